The topological polar surface area (TPSA) is 6.25 Å². The van der Waals surface area contributed by atoms with E-state index >= 15 is 0 Å². The maximum absolute atomic E-state index is 2.37. The second-order valence-electron chi connectivity index (χ2n) is 7.05. The van der Waals surface area contributed by atoms with E-state index in [-0.39, 0.29) is 5.41 Å². The van der Waals surface area contributed by atoms with Crippen LogP contribution in [0.4, 0.5) is 5.69 Å². The van der Waals surface area contributed by atoms with Gasteiger partial charge in [0.1, 0.15) is 7.05 Å². The van der Waals surface area contributed by atoms with E-state index in [1.54, 1.807) is 0 Å². The van der Waals surface area contributed by atoms with Gasteiger partial charge in [0.05, 0.1) is 5.25 Å². The Bertz CT molecular complexity index is 852. The zero-order valence-electron chi connectivity index (χ0n) is 14.7. The van der Waals surface area contributed by atoms with Gasteiger partial charge >= 0.3 is 0 Å². The van der Waals surface area contributed by atoms with Crippen LogP contribution in [0.3, 0.4) is 0 Å². The highest BCUT2D eigenvalue weighted by Crippen LogP contribution is 2.47. The second kappa shape index (κ2) is 5.52. The molecule has 1 aliphatic carbocycles. The smallest absolute Gasteiger partial charge is 0.242 e. The summed E-state index contributed by atoms with van der Waals surface area (Å²) in [5.74, 6) is 0. The monoisotopic (exact) mass is 335 g/mol. The van der Waals surface area contributed by atoms with Gasteiger partial charge in [-0.15, -0.1) is 0 Å². The summed E-state index contributed by atoms with van der Waals surface area (Å²) in [5, 5.41) is 1.71. The Kier molecular flexibility index (Phi) is 3.57. The van der Waals surface area contributed by atoms with Gasteiger partial charge in [-0.05, 0) is 23.4 Å². The van der Waals surface area contributed by atoms with Crippen molar-refractivity contribution in [3.63, 3.8) is 0 Å². The van der Waals surface area contributed by atoms with E-state index < -0.39 is 0 Å². The lowest BCUT2D eigenvalue weighted by atomic mass is 9.84. The Morgan fingerprint density at radius 1 is 1.21 bits per heavy atom. The summed E-state index contributed by atoms with van der Waals surface area (Å²) < 4.78 is 2.30. The zero-order chi connectivity index (χ0) is 16.9. The van der Waals surface area contributed by atoms with Gasteiger partial charge in [0.2, 0.25) is 10.7 Å². The van der Waals surface area contributed by atoms with Crippen molar-refractivity contribution in [1.29, 1.82) is 0 Å². The number of para-hydroxylation sites is 1. The Morgan fingerprint density at radius 2 is 2.00 bits per heavy atom. The van der Waals surface area contributed by atoms with Gasteiger partial charge in [0, 0.05) is 42.1 Å². The largest absolute Gasteiger partial charge is 0.347 e. The number of nitrogens with zero attached hydrogens (tertiary/aromatic N) is 2. The van der Waals surface area contributed by atoms with Gasteiger partial charge in [-0.3, -0.25) is 0 Å². The molecule has 0 amide bonds. The summed E-state index contributed by atoms with van der Waals surface area (Å²) in [7, 11) is 4.34. The van der Waals surface area contributed by atoms with E-state index in [9.17, 15) is 0 Å². The summed E-state index contributed by atoms with van der Waals surface area (Å²) >= 11 is 1.91. The lowest BCUT2D eigenvalue weighted by Gasteiger charge is -2.24. The van der Waals surface area contributed by atoms with Crippen molar-refractivity contribution in [3.8, 4) is 0 Å². The molecule has 2 nitrogen and oxygen atoms in total. The van der Waals surface area contributed by atoms with Crippen molar-refractivity contribution < 1.29 is 4.58 Å². The normalized spacial score (nSPS) is 25.8. The standard InChI is InChI=1S/C21H23N2S/c1-21(2)17-11-7-8-12-18(17)23(4)19(21)14-20-22(3)15-9-5-6-10-16(13-15)24-20/h5-14,16H,1-4H3/q+1. The number of allylic oxidation sites excluding steroid dienone is 4. The summed E-state index contributed by atoms with van der Waals surface area (Å²) in [6.45, 7) is 4.64. The quantitative estimate of drug-likeness (QED) is 0.699. The number of hydrogen-bond donors (Lipinski definition) is 0. The Balaban J connectivity index is 1.81. The molecular weight excluding hydrogens is 312 g/mol. The highest BCUT2D eigenvalue weighted by Gasteiger charge is 2.39. The molecule has 0 spiro atoms. The predicted octanol–water partition coefficient (Wildman–Crippen LogP) is 4.46. The number of thioether (sulfide) groups is 1. The Hall–Kier alpha value is -2.00. The molecule has 1 aromatic carbocycles. The number of fused-ring (bicyclic) bond motifs is 2. The first kappa shape index (κ1) is 15.5. The van der Waals surface area contributed by atoms with Crippen LogP contribution in [0, 0.1) is 0 Å². The van der Waals surface area contributed by atoms with Gasteiger partial charge in [0.25, 0.3) is 0 Å². The van der Waals surface area contributed by atoms with E-state index in [0.29, 0.717) is 5.25 Å². The van der Waals surface area contributed by atoms with Crippen molar-refractivity contribution in [2.24, 2.45) is 0 Å². The minimum Gasteiger partial charge on any atom is -0.347 e. The fourth-order valence-electron chi connectivity index (χ4n) is 3.76. The van der Waals surface area contributed by atoms with Gasteiger partial charge in [-0.1, -0.05) is 50.3 Å². The van der Waals surface area contributed by atoms with Gasteiger partial charge in [0.15, 0.2) is 0 Å². The first-order chi connectivity index (χ1) is 11.5. The highest BCUT2D eigenvalue weighted by molar-refractivity contribution is 8.14. The molecule has 0 aromatic heterocycles. The lowest BCUT2D eigenvalue weighted by molar-refractivity contribution is -0.435. The summed E-state index contributed by atoms with van der Waals surface area (Å²) in [6, 6.07) is 8.73. The van der Waals surface area contributed by atoms with Crippen molar-refractivity contribution in [3.05, 3.63) is 77.7 Å². The number of benzene rings is 1. The number of likely N-dealkylation sites (N-methyl/N-ethyl adjacent to an activating group) is 2. The van der Waals surface area contributed by atoms with Crippen LogP contribution in [0.25, 0.3) is 0 Å². The minimum absolute atomic E-state index is 0.0163. The van der Waals surface area contributed by atoms with Gasteiger partial charge in [-0.25, -0.2) is 0 Å². The average Bonchev–Trinajstić information content (AvgIpc) is 2.72. The van der Waals surface area contributed by atoms with E-state index in [0.717, 1.165) is 0 Å². The van der Waals surface area contributed by atoms with E-state index in [1.165, 1.54) is 27.7 Å². The molecule has 0 radical (unpaired) electrons. The van der Waals surface area contributed by atoms with Crippen molar-refractivity contribution >= 4 is 22.5 Å². The van der Waals surface area contributed by atoms with E-state index in [4.69, 9.17) is 0 Å². The van der Waals surface area contributed by atoms with Crippen LogP contribution in [0.5, 0.6) is 0 Å². The third-order valence-electron chi connectivity index (χ3n) is 5.19. The second-order valence-corrected chi connectivity index (χ2v) is 8.24. The van der Waals surface area contributed by atoms with Gasteiger partial charge < -0.3 is 4.90 Å². The molecule has 0 saturated heterocycles. The van der Waals surface area contributed by atoms with Crippen LogP contribution in [-0.4, -0.2) is 29.0 Å². The van der Waals surface area contributed by atoms with Crippen molar-refractivity contribution in [1.82, 2.24) is 0 Å². The molecule has 122 valence electrons. The molecule has 0 N–H and O–H groups in total. The summed E-state index contributed by atoms with van der Waals surface area (Å²) in [5.41, 5.74) is 5.35. The molecular formula is C21H23N2S+. The first-order valence-electron chi connectivity index (χ1n) is 8.38. The van der Waals surface area contributed by atoms with Crippen LogP contribution in [0.1, 0.15) is 19.4 Å². The van der Waals surface area contributed by atoms with Crippen molar-refractivity contribution in [2.45, 2.75) is 24.5 Å². The molecule has 3 aliphatic rings. The number of hydrogen-bond acceptors (Lipinski definition) is 2. The Morgan fingerprint density at radius 3 is 2.79 bits per heavy atom. The predicted molar refractivity (Wildman–Crippen MR) is 105 cm³/mol. The fourth-order valence-corrected chi connectivity index (χ4v) is 4.86. The van der Waals surface area contributed by atoms with Crippen molar-refractivity contribution in [2.75, 3.05) is 19.0 Å². The van der Waals surface area contributed by atoms with Crippen LogP contribution >= 0.6 is 11.8 Å². The average molecular weight is 335 g/mol. The van der Waals surface area contributed by atoms with Crippen LogP contribution in [0.2, 0.25) is 0 Å². The molecule has 24 heavy (non-hydrogen) atoms. The van der Waals surface area contributed by atoms with E-state index in [1.807, 2.05) is 11.8 Å². The fraction of sp³-hybridized carbons (Fsp3) is 0.286. The maximum Gasteiger partial charge on any atom is 0.242 e. The third kappa shape index (κ3) is 2.30. The molecule has 1 aromatic rings. The summed E-state index contributed by atoms with van der Waals surface area (Å²) in [4.78, 5) is 2.34. The summed E-state index contributed by atoms with van der Waals surface area (Å²) in [6.07, 6.45) is 13.4. The molecule has 2 bridgehead atoms. The highest BCUT2D eigenvalue weighted by atomic mass is 32.2. The lowest BCUT2D eigenvalue weighted by Crippen LogP contribution is -2.26. The minimum atomic E-state index is 0.0163. The van der Waals surface area contributed by atoms with E-state index in [2.05, 4.69) is 98.1 Å². The number of rotatable bonds is 1. The molecule has 1 atom stereocenters. The van der Waals surface area contributed by atoms with Gasteiger partial charge in [-0.2, -0.15) is 4.58 Å². The number of anilines is 1. The van der Waals surface area contributed by atoms with Crippen LogP contribution < -0.4 is 4.90 Å². The van der Waals surface area contributed by atoms with Crippen LogP contribution in [0.15, 0.2) is 72.1 Å². The molecule has 4 rings (SSSR count). The first-order valence-corrected chi connectivity index (χ1v) is 9.26. The molecule has 2 aliphatic heterocycles. The molecule has 3 heteroatoms. The van der Waals surface area contributed by atoms with Crippen LogP contribution in [-0.2, 0) is 5.41 Å². The zero-order valence-corrected chi connectivity index (χ0v) is 15.5. The SMILES string of the molecule is CN1/C(=C/C2=[N+](C)C3=CC(C=CC=C3)S2)C(C)(C)c2ccccc21. The third-order valence-corrected chi connectivity index (χ3v) is 6.39. The molecule has 0 fully saturated rings. The molecule has 0 saturated carbocycles. The Labute approximate surface area is 148 Å². The molecule has 2 heterocycles. The molecule has 1 unspecified atom stereocenters. The maximum atomic E-state index is 2.37.